The zero-order chi connectivity index (χ0) is 24.7. The van der Waals surface area contributed by atoms with Gasteiger partial charge < -0.3 is 5.73 Å². The lowest BCUT2D eigenvalue weighted by atomic mass is 10.0. The van der Waals surface area contributed by atoms with Gasteiger partial charge in [0.25, 0.3) is 5.91 Å². The van der Waals surface area contributed by atoms with Gasteiger partial charge in [0, 0.05) is 23.7 Å². The van der Waals surface area contributed by atoms with Crippen LogP contribution < -0.4 is 5.73 Å². The monoisotopic (exact) mass is 485 g/mol. The second kappa shape index (κ2) is 8.45. The van der Waals surface area contributed by atoms with E-state index in [0.717, 1.165) is 12.3 Å². The summed E-state index contributed by atoms with van der Waals surface area (Å²) in [6.45, 7) is 0. The van der Waals surface area contributed by atoms with Crippen LogP contribution in [0.3, 0.4) is 0 Å². The quantitative estimate of drug-likeness (QED) is 0.442. The van der Waals surface area contributed by atoms with Crippen LogP contribution in [0.5, 0.6) is 0 Å². The standard InChI is InChI=1S/C24H18F3N3O3S/c1-34(32,33)18-6-4-5-16(13-18)15-9-11-17(12-10-15)30-14-21(22(28)31)29-23(30)19-7-2-3-8-20(19)24(25,26)27/h2-14H,1H3,(H2,28,31). The molecule has 1 aromatic heterocycles. The van der Waals surface area contributed by atoms with Gasteiger partial charge in [0.05, 0.1) is 10.5 Å². The van der Waals surface area contributed by atoms with Gasteiger partial charge in [-0.1, -0.05) is 42.5 Å². The minimum absolute atomic E-state index is 0.0893. The van der Waals surface area contributed by atoms with E-state index in [1.807, 2.05) is 0 Å². The lowest BCUT2D eigenvalue weighted by molar-refractivity contribution is -0.137. The first-order chi connectivity index (χ1) is 15.9. The highest BCUT2D eigenvalue weighted by Gasteiger charge is 2.34. The minimum atomic E-state index is -4.63. The molecule has 0 fully saturated rings. The number of alkyl halides is 3. The normalized spacial score (nSPS) is 12.0. The molecule has 0 spiro atoms. The van der Waals surface area contributed by atoms with Crippen molar-refractivity contribution < 1.29 is 26.4 Å². The van der Waals surface area contributed by atoms with Crippen LogP contribution in [-0.4, -0.2) is 30.1 Å². The molecule has 0 saturated heterocycles. The maximum atomic E-state index is 13.6. The Balaban J connectivity index is 1.82. The second-order valence-electron chi connectivity index (χ2n) is 7.57. The number of carbonyl (C=O) groups is 1. The van der Waals surface area contributed by atoms with Gasteiger partial charge in [-0.3, -0.25) is 9.36 Å². The first-order valence-electron chi connectivity index (χ1n) is 9.92. The maximum Gasteiger partial charge on any atom is 0.417 e. The molecular weight excluding hydrogens is 467 g/mol. The number of halogens is 3. The summed E-state index contributed by atoms with van der Waals surface area (Å²) in [5.74, 6) is -0.966. The molecule has 0 aliphatic carbocycles. The average Bonchev–Trinajstić information content (AvgIpc) is 3.24. The van der Waals surface area contributed by atoms with E-state index < -0.39 is 27.5 Å². The van der Waals surface area contributed by atoms with E-state index in [1.165, 1.54) is 41.1 Å². The third-order valence-corrected chi connectivity index (χ3v) is 6.28. The highest BCUT2D eigenvalue weighted by molar-refractivity contribution is 7.90. The summed E-state index contributed by atoms with van der Waals surface area (Å²) < 4.78 is 65.9. The van der Waals surface area contributed by atoms with E-state index in [4.69, 9.17) is 5.73 Å². The molecule has 4 rings (SSSR count). The molecule has 0 atom stereocenters. The molecular formula is C24H18F3N3O3S. The zero-order valence-electron chi connectivity index (χ0n) is 17.7. The molecule has 1 amide bonds. The number of carbonyl (C=O) groups excluding carboxylic acids is 1. The van der Waals surface area contributed by atoms with Crippen LogP contribution in [0.1, 0.15) is 16.1 Å². The van der Waals surface area contributed by atoms with Crippen LogP contribution in [0.2, 0.25) is 0 Å². The fourth-order valence-electron chi connectivity index (χ4n) is 3.53. The topological polar surface area (TPSA) is 95.0 Å². The predicted molar refractivity (Wildman–Crippen MR) is 121 cm³/mol. The Morgan fingerprint density at radius 2 is 1.62 bits per heavy atom. The van der Waals surface area contributed by atoms with Gasteiger partial charge in [-0.05, 0) is 41.5 Å². The lowest BCUT2D eigenvalue weighted by Gasteiger charge is -2.14. The SMILES string of the molecule is CS(=O)(=O)c1cccc(-c2ccc(-n3cc(C(N)=O)nc3-c3ccccc3C(F)(F)F)cc2)c1. The summed E-state index contributed by atoms with van der Waals surface area (Å²) in [5.41, 5.74) is 5.85. The van der Waals surface area contributed by atoms with E-state index >= 15 is 0 Å². The summed E-state index contributed by atoms with van der Waals surface area (Å²) in [4.78, 5) is 16.0. The van der Waals surface area contributed by atoms with E-state index in [9.17, 15) is 26.4 Å². The van der Waals surface area contributed by atoms with Gasteiger partial charge in [0.1, 0.15) is 11.5 Å². The van der Waals surface area contributed by atoms with Crippen LogP contribution in [0.25, 0.3) is 28.2 Å². The number of aromatic nitrogens is 2. The number of benzene rings is 3. The van der Waals surface area contributed by atoms with Gasteiger partial charge in [0.15, 0.2) is 9.84 Å². The smallest absolute Gasteiger partial charge is 0.364 e. The summed E-state index contributed by atoms with van der Waals surface area (Å²) in [7, 11) is -3.39. The Bertz CT molecular complexity index is 1490. The first-order valence-corrected chi connectivity index (χ1v) is 11.8. The molecule has 0 aliphatic rings. The number of rotatable bonds is 5. The molecule has 174 valence electrons. The van der Waals surface area contributed by atoms with Crippen molar-refractivity contribution in [1.82, 2.24) is 9.55 Å². The number of hydrogen-bond acceptors (Lipinski definition) is 4. The number of amides is 1. The van der Waals surface area contributed by atoms with E-state index in [0.29, 0.717) is 16.8 Å². The number of hydrogen-bond donors (Lipinski definition) is 1. The molecule has 34 heavy (non-hydrogen) atoms. The molecule has 0 bridgehead atoms. The molecule has 3 aromatic carbocycles. The second-order valence-corrected chi connectivity index (χ2v) is 9.59. The maximum absolute atomic E-state index is 13.6. The van der Waals surface area contributed by atoms with E-state index in [2.05, 4.69) is 4.98 Å². The van der Waals surface area contributed by atoms with E-state index in [1.54, 1.807) is 36.4 Å². The fourth-order valence-corrected chi connectivity index (χ4v) is 4.20. The number of nitrogens with zero attached hydrogens (tertiary/aromatic N) is 2. The van der Waals surface area contributed by atoms with Crippen molar-refractivity contribution in [3.63, 3.8) is 0 Å². The van der Waals surface area contributed by atoms with Crippen molar-refractivity contribution >= 4 is 15.7 Å². The van der Waals surface area contributed by atoms with E-state index in [-0.39, 0.29) is 22.0 Å². The van der Waals surface area contributed by atoms with Crippen molar-refractivity contribution in [2.75, 3.05) is 6.26 Å². The molecule has 0 saturated carbocycles. The lowest BCUT2D eigenvalue weighted by Crippen LogP contribution is -2.11. The predicted octanol–water partition coefficient (Wildman–Crippen LogP) is 4.73. The van der Waals surface area contributed by atoms with Crippen molar-refractivity contribution in [2.24, 2.45) is 5.73 Å². The third-order valence-electron chi connectivity index (χ3n) is 5.17. The van der Waals surface area contributed by atoms with Crippen LogP contribution in [0, 0.1) is 0 Å². The average molecular weight is 485 g/mol. The third kappa shape index (κ3) is 4.58. The highest BCUT2D eigenvalue weighted by atomic mass is 32.2. The summed E-state index contributed by atoms with van der Waals surface area (Å²) in [5, 5.41) is 0. The minimum Gasteiger partial charge on any atom is -0.364 e. The Labute approximate surface area is 193 Å². The molecule has 4 aromatic rings. The fraction of sp³-hybridized carbons (Fsp3) is 0.0833. The van der Waals surface area contributed by atoms with Gasteiger partial charge in [0.2, 0.25) is 0 Å². The molecule has 0 aliphatic heterocycles. The molecule has 10 heteroatoms. The number of nitrogens with two attached hydrogens (primary N) is 1. The first kappa shape index (κ1) is 23.2. The Hall–Kier alpha value is -3.92. The number of primary amides is 1. The van der Waals surface area contributed by atoms with Gasteiger partial charge >= 0.3 is 6.18 Å². The van der Waals surface area contributed by atoms with Crippen molar-refractivity contribution in [2.45, 2.75) is 11.1 Å². The highest BCUT2D eigenvalue weighted by Crippen LogP contribution is 2.37. The van der Waals surface area contributed by atoms with Crippen LogP contribution in [0.4, 0.5) is 13.2 Å². The number of sulfone groups is 1. The Morgan fingerprint density at radius 3 is 2.24 bits per heavy atom. The van der Waals surface area contributed by atoms with Crippen LogP contribution in [-0.2, 0) is 16.0 Å². The van der Waals surface area contributed by atoms with Gasteiger partial charge in [-0.15, -0.1) is 0 Å². The van der Waals surface area contributed by atoms with Crippen LogP contribution in [0.15, 0.2) is 83.9 Å². The summed E-state index contributed by atoms with van der Waals surface area (Å²) in [6, 6.07) is 18.0. The molecule has 1 heterocycles. The molecule has 2 N–H and O–H groups in total. The molecule has 0 radical (unpaired) electrons. The molecule has 6 nitrogen and oxygen atoms in total. The summed E-state index contributed by atoms with van der Waals surface area (Å²) >= 11 is 0. The Morgan fingerprint density at radius 1 is 0.941 bits per heavy atom. The molecule has 0 unspecified atom stereocenters. The van der Waals surface area contributed by atoms with Crippen molar-refractivity contribution in [3.8, 4) is 28.2 Å². The summed E-state index contributed by atoms with van der Waals surface area (Å²) in [6.07, 6.45) is -2.23. The van der Waals surface area contributed by atoms with Crippen LogP contribution >= 0.6 is 0 Å². The van der Waals surface area contributed by atoms with Crippen molar-refractivity contribution in [1.29, 1.82) is 0 Å². The van der Waals surface area contributed by atoms with Gasteiger partial charge in [-0.25, -0.2) is 13.4 Å². The zero-order valence-corrected chi connectivity index (χ0v) is 18.6. The Kier molecular flexibility index (Phi) is 5.78. The largest absolute Gasteiger partial charge is 0.417 e. The van der Waals surface area contributed by atoms with Gasteiger partial charge in [-0.2, -0.15) is 13.2 Å². The van der Waals surface area contributed by atoms with Crippen molar-refractivity contribution in [3.05, 3.63) is 90.3 Å². The number of imidazole rings is 1.